The molecule has 4 heterocycles. The third kappa shape index (κ3) is 4.42. The minimum atomic E-state index is -0.262. The molecule has 4 aromatic heterocycles. The first-order chi connectivity index (χ1) is 16.0. The minimum Gasteiger partial charge on any atom is -0.464 e. The first-order valence-corrected chi connectivity index (χ1v) is 11.3. The Morgan fingerprint density at radius 2 is 2.00 bits per heavy atom. The van der Waals surface area contributed by atoms with Crippen molar-refractivity contribution >= 4 is 50.3 Å². The van der Waals surface area contributed by atoms with Crippen molar-refractivity contribution in [2.24, 2.45) is 0 Å². The smallest absolute Gasteiger partial charge is 0.247 e. The van der Waals surface area contributed by atoms with Gasteiger partial charge in [-0.25, -0.2) is 9.67 Å². The quantitative estimate of drug-likeness (QED) is 0.325. The van der Waals surface area contributed by atoms with Crippen molar-refractivity contribution in [1.82, 2.24) is 24.5 Å². The Morgan fingerprint density at radius 1 is 1.18 bits per heavy atom. The maximum atomic E-state index is 12.8. The Kier molecular flexibility index (Phi) is 5.74. The van der Waals surface area contributed by atoms with Crippen LogP contribution in [-0.2, 0) is 17.9 Å². The number of amides is 1. The van der Waals surface area contributed by atoms with Crippen LogP contribution in [0.1, 0.15) is 11.3 Å². The van der Waals surface area contributed by atoms with Gasteiger partial charge >= 0.3 is 0 Å². The summed E-state index contributed by atoms with van der Waals surface area (Å²) in [5, 5.41) is 13.4. The van der Waals surface area contributed by atoms with Gasteiger partial charge in [0, 0.05) is 23.0 Å². The summed E-state index contributed by atoms with van der Waals surface area (Å²) in [5.41, 5.74) is 3.32. The van der Waals surface area contributed by atoms with Gasteiger partial charge in [0.1, 0.15) is 12.3 Å². The highest BCUT2D eigenvalue weighted by molar-refractivity contribution is 9.10. The molecule has 0 fully saturated rings. The molecule has 5 rings (SSSR count). The van der Waals surface area contributed by atoms with E-state index in [1.165, 1.54) is 0 Å². The van der Waals surface area contributed by atoms with Crippen LogP contribution in [0.5, 0.6) is 0 Å². The number of nitrogens with zero attached hydrogens (tertiary/aromatic N) is 5. The summed E-state index contributed by atoms with van der Waals surface area (Å²) in [6.45, 7) is 2.43. The Labute approximate surface area is 202 Å². The number of aromatic nitrogens is 5. The number of carbonyl (C=O) groups excluding carboxylic acids is 1. The molecule has 0 radical (unpaired) electrons. The van der Waals surface area contributed by atoms with Crippen molar-refractivity contribution in [2.75, 3.05) is 5.32 Å². The van der Waals surface area contributed by atoms with Gasteiger partial charge in [-0.1, -0.05) is 23.7 Å². The highest BCUT2D eigenvalue weighted by atomic mass is 79.9. The lowest BCUT2D eigenvalue weighted by Crippen LogP contribution is -2.20. The molecule has 0 atom stereocenters. The Hall–Kier alpha value is -3.43. The van der Waals surface area contributed by atoms with Crippen molar-refractivity contribution in [2.45, 2.75) is 20.0 Å². The first kappa shape index (κ1) is 21.4. The summed E-state index contributed by atoms with van der Waals surface area (Å²) in [5.74, 6) is 0.901. The number of hydrogen-bond acceptors (Lipinski definition) is 5. The highest BCUT2D eigenvalue weighted by Gasteiger charge is 2.18. The average Bonchev–Trinajstić information content (AvgIpc) is 3.51. The zero-order valence-corrected chi connectivity index (χ0v) is 19.8. The Balaban J connectivity index is 1.34. The van der Waals surface area contributed by atoms with E-state index in [1.807, 2.05) is 55.6 Å². The molecule has 0 saturated carbocycles. The molecule has 0 saturated heterocycles. The lowest BCUT2D eigenvalue weighted by atomic mass is 10.1. The van der Waals surface area contributed by atoms with Crippen molar-refractivity contribution in [1.29, 1.82) is 0 Å². The summed E-state index contributed by atoms with van der Waals surface area (Å²) in [4.78, 5) is 17.3. The van der Waals surface area contributed by atoms with Gasteiger partial charge in [-0.2, -0.15) is 10.2 Å². The number of pyridine rings is 1. The van der Waals surface area contributed by atoms with Gasteiger partial charge in [-0.3, -0.25) is 9.48 Å². The van der Waals surface area contributed by atoms with Crippen LogP contribution in [0.3, 0.4) is 0 Å². The third-order valence-electron chi connectivity index (χ3n) is 5.12. The van der Waals surface area contributed by atoms with E-state index in [0.29, 0.717) is 27.5 Å². The van der Waals surface area contributed by atoms with Crippen LogP contribution >= 0.6 is 27.5 Å². The number of aryl methyl sites for hydroxylation is 1. The second kappa shape index (κ2) is 8.84. The van der Waals surface area contributed by atoms with Crippen molar-refractivity contribution in [3.8, 4) is 11.3 Å². The topological polar surface area (TPSA) is 90.8 Å². The predicted molar refractivity (Wildman–Crippen MR) is 129 cm³/mol. The summed E-state index contributed by atoms with van der Waals surface area (Å²) in [6, 6.07) is 13.1. The molecule has 10 heteroatoms. The fourth-order valence-electron chi connectivity index (χ4n) is 3.68. The number of rotatable bonds is 6. The third-order valence-corrected chi connectivity index (χ3v) is 5.95. The number of furan rings is 1. The van der Waals surface area contributed by atoms with Crippen molar-refractivity contribution in [3.05, 3.63) is 81.9 Å². The van der Waals surface area contributed by atoms with Gasteiger partial charge in [0.15, 0.2) is 11.5 Å². The average molecular weight is 526 g/mol. The molecule has 0 bridgehead atoms. The van der Waals surface area contributed by atoms with Crippen LogP contribution in [0.2, 0.25) is 5.02 Å². The van der Waals surface area contributed by atoms with Gasteiger partial charge in [0.2, 0.25) is 5.91 Å². The van der Waals surface area contributed by atoms with Gasteiger partial charge in [0.05, 0.1) is 28.4 Å². The lowest BCUT2D eigenvalue weighted by molar-refractivity contribution is -0.116. The van der Waals surface area contributed by atoms with Crippen LogP contribution in [-0.4, -0.2) is 30.5 Å². The molecule has 0 aliphatic carbocycles. The lowest BCUT2D eigenvalue weighted by Gasteiger charge is -2.05. The number of carbonyl (C=O) groups is 1. The molecule has 1 amide bonds. The zero-order chi connectivity index (χ0) is 22.9. The van der Waals surface area contributed by atoms with E-state index in [2.05, 4.69) is 36.4 Å². The fraction of sp³-hybridized carbons (Fsp3) is 0.130. The normalized spacial score (nSPS) is 11.2. The molecule has 5 aromatic rings. The van der Waals surface area contributed by atoms with E-state index in [-0.39, 0.29) is 12.5 Å². The number of hydrogen-bond donors (Lipinski definition) is 1. The largest absolute Gasteiger partial charge is 0.464 e. The number of benzene rings is 1. The molecule has 1 N–H and O–H groups in total. The summed E-state index contributed by atoms with van der Waals surface area (Å²) in [7, 11) is 0. The van der Waals surface area contributed by atoms with Gasteiger partial charge < -0.3 is 9.73 Å². The Morgan fingerprint density at radius 3 is 2.76 bits per heavy atom. The van der Waals surface area contributed by atoms with Gasteiger partial charge in [-0.05, 0) is 58.7 Å². The van der Waals surface area contributed by atoms with Crippen LogP contribution in [0, 0.1) is 6.92 Å². The first-order valence-electron chi connectivity index (χ1n) is 10.1. The van der Waals surface area contributed by atoms with Crippen LogP contribution in [0.25, 0.3) is 22.4 Å². The molecule has 0 aliphatic heterocycles. The van der Waals surface area contributed by atoms with Crippen LogP contribution < -0.4 is 5.32 Å². The van der Waals surface area contributed by atoms with E-state index >= 15 is 0 Å². The zero-order valence-electron chi connectivity index (χ0n) is 17.5. The summed E-state index contributed by atoms with van der Waals surface area (Å²) in [6.07, 6.45) is 5.12. The van der Waals surface area contributed by atoms with E-state index in [0.717, 1.165) is 28.0 Å². The summed E-state index contributed by atoms with van der Waals surface area (Å²) < 4.78 is 9.57. The van der Waals surface area contributed by atoms with Gasteiger partial charge in [-0.15, -0.1) is 0 Å². The molecular weight excluding hydrogens is 508 g/mol. The summed E-state index contributed by atoms with van der Waals surface area (Å²) >= 11 is 9.41. The second-order valence-electron chi connectivity index (χ2n) is 7.48. The number of anilines is 1. The van der Waals surface area contributed by atoms with Gasteiger partial charge in [0.25, 0.3) is 0 Å². The maximum absolute atomic E-state index is 12.8. The number of fused-ring (bicyclic) bond motifs is 1. The standard InChI is InChI=1S/C23H18BrClN6O2/c1-14-21-17(19-3-2-10-33-19)8-9-26-23(21)31(28-14)13-20(32)27-22-18(24)12-30(29-22)11-15-4-6-16(25)7-5-15/h2-10,12H,11,13H2,1H3,(H,27,29,32). The van der Waals surface area contributed by atoms with E-state index in [4.69, 9.17) is 16.0 Å². The molecule has 0 unspecified atom stereocenters. The van der Waals surface area contributed by atoms with E-state index in [9.17, 15) is 4.79 Å². The monoisotopic (exact) mass is 524 g/mol. The maximum Gasteiger partial charge on any atom is 0.247 e. The molecule has 166 valence electrons. The SMILES string of the molecule is Cc1nn(CC(=O)Nc2nn(Cc3ccc(Cl)cc3)cc2Br)c2nccc(-c3ccco3)c12. The second-order valence-corrected chi connectivity index (χ2v) is 8.77. The Bertz CT molecular complexity index is 1440. The fourth-order valence-corrected chi connectivity index (χ4v) is 4.22. The molecule has 1 aromatic carbocycles. The van der Waals surface area contributed by atoms with E-state index < -0.39 is 0 Å². The van der Waals surface area contributed by atoms with Crippen molar-refractivity contribution < 1.29 is 9.21 Å². The van der Waals surface area contributed by atoms with E-state index in [1.54, 1.807) is 21.8 Å². The van der Waals surface area contributed by atoms with Crippen LogP contribution in [0.4, 0.5) is 5.82 Å². The predicted octanol–water partition coefficient (Wildman–Crippen LogP) is 5.30. The molecule has 0 spiro atoms. The number of halogens is 2. The van der Waals surface area contributed by atoms with Crippen molar-refractivity contribution in [3.63, 3.8) is 0 Å². The highest BCUT2D eigenvalue weighted by Crippen LogP contribution is 2.30. The molecule has 33 heavy (non-hydrogen) atoms. The minimum absolute atomic E-state index is 0.00453. The molecule has 0 aliphatic rings. The molecule has 8 nitrogen and oxygen atoms in total. The number of nitrogens with one attached hydrogen (secondary N) is 1. The van der Waals surface area contributed by atoms with Crippen LogP contribution in [0.15, 0.2) is 70.0 Å². The molecular formula is C23H18BrClN6O2.